The molecule has 1 amide bonds. The first-order chi connectivity index (χ1) is 12.9. The summed E-state index contributed by atoms with van der Waals surface area (Å²) < 4.78 is 1.59. The lowest BCUT2D eigenvalue weighted by molar-refractivity contribution is -0.385. The number of nitro groups is 1. The van der Waals surface area contributed by atoms with Crippen LogP contribution in [0.1, 0.15) is 21.5 Å². The number of nitrogens with zero attached hydrogens (tertiary/aromatic N) is 3. The number of hydrogen-bond donors (Lipinski definition) is 1. The van der Waals surface area contributed by atoms with Gasteiger partial charge in [-0.05, 0) is 25.1 Å². The number of nitrogens with one attached hydrogen (secondary N) is 1. The molecular weight excluding hydrogens is 391 g/mol. The van der Waals surface area contributed by atoms with Crippen LogP contribution in [0.25, 0.3) is 0 Å². The Bertz CT molecular complexity index is 1010. The summed E-state index contributed by atoms with van der Waals surface area (Å²) in [6, 6.07) is 11.2. The molecule has 27 heavy (non-hydrogen) atoms. The Labute approximate surface area is 164 Å². The number of hydrogen-bond acceptors (Lipinski definition) is 4. The third kappa shape index (κ3) is 4.10. The normalized spacial score (nSPS) is 10.6. The van der Waals surface area contributed by atoms with Gasteiger partial charge in [0.05, 0.1) is 11.5 Å². The lowest BCUT2D eigenvalue weighted by Gasteiger charge is -2.07. The molecule has 0 bridgehead atoms. The van der Waals surface area contributed by atoms with Crippen LogP contribution in [-0.2, 0) is 6.54 Å². The number of carbonyl (C=O) groups excluding carboxylic acids is 1. The number of nitro benzene ring substituents is 1. The zero-order valence-electron chi connectivity index (χ0n) is 14.1. The number of amides is 1. The number of benzene rings is 2. The highest BCUT2D eigenvalue weighted by Crippen LogP contribution is 2.25. The van der Waals surface area contributed by atoms with Gasteiger partial charge in [-0.25, -0.2) is 0 Å². The van der Waals surface area contributed by atoms with E-state index >= 15 is 0 Å². The van der Waals surface area contributed by atoms with Crippen LogP contribution in [0.15, 0.2) is 48.7 Å². The number of rotatable bonds is 5. The number of halogens is 2. The van der Waals surface area contributed by atoms with Gasteiger partial charge >= 0.3 is 0 Å². The van der Waals surface area contributed by atoms with Crippen molar-refractivity contribution in [1.29, 1.82) is 0 Å². The monoisotopic (exact) mass is 404 g/mol. The second-order valence-corrected chi connectivity index (χ2v) is 6.57. The first kappa shape index (κ1) is 18.9. The van der Waals surface area contributed by atoms with Gasteiger partial charge in [0.1, 0.15) is 0 Å². The lowest BCUT2D eigenvalue weighted by Crippen LogP contribution is -2.15. The number of carbonyl (C=O) groups is 1. The van der Waals surface area contributed by atoms with Crippen molar-refractivity contribution in [2.45, 2.75) is 13.5 Å². The Balaban J connectivity index is 1.77. The maximum Gasteiger partial charge on any atom is 0.273 e. The molecule has 0 saturated carbocycles. The van der Waals surface area contributed by atoms with Gasteiger partial charge in [-0.2, -0.15) is 5.10 Å². The van der Waals surface area contributed by atoms with Crippen LogP contribution in [-0.4, -0.2) is 20.6 Å². The smallest absolute Gasteiger partial charge is 0.273 e. The number of anilines is 1. The molecule has 0 aliphatic rings. The van der Waals surface area contributed by atoms with E-state index in [-0.39, 0.29) is 11.3 Å². The van der Waals surface area contributed by atoms with E-state index in [9.17, 15) is 14.9 Å². The summed E-state index contributed by atoms with van der Waals surface area (Å²) in [6.45, 7) is 1.87. The second kappa shape index (κ2) is 7.77. The lowest BCUT2D eigenvalue weighted by atomic mass is 10.1. The molecule has 7 nitrogen and oxygen atoms in total. The van der Waals surface area contributed by atoms with Gasteiger partial charge in [-0.15, -0.1) is 0 Å². The van der Waals surface area contributed by atoms with Crippen LogP contribution in [0.2, 0.25) is 10.0 Å². The van der Waals surface area contributed by atoms with E-state index < -0.39 is 10.8 Å². The Hall–Kier alpha value is -2.90. The van der Waals surface area contributed by atoms with E-state index in [1.165, 1.54) is 25.1 Å². The van der Waals surface area contributed by atoms with Gasteiger partial charge in [0, 0.05) is 45.1 Å². The largest absolute Gasteiger partial charge is 0.305 e. The molecule has 0 spiro atoms. The Kier molecular flexibility index (Phi) is 5.43. The first-order valence-corrected chi connectivity index (χ1v) is 8.64. The maximum atomic E-state index is 12.5. The summed E-state index contributed by atoms with van der Waals surface area (Å²) in [4.78, 5) is 23.0. The van der Waals surface area contributed by atoms with Crippen molar-refractivity contribution < 1.29 is 9.72 Å². The molecule has 1 N–H and O–H groups in total. The molecule has 3 rings (SSSR count). The number of aromatic nitrogens is 2. The van der Waals surface area contributed by atoms with Crippen molar-refractivity contribution in [2.75, 3.05) is 5.32 Å². The van der Waals surface area contributed by atoms with Crippen LogP contribution >= 0.6 is 23.2 Å². The Morgan fingerprint density at radius 1 is 1.19 bits per heavy atom. The summed E-state index contributed by atoms with van der Waals surface area (Å²) in [5, 5.41) is 19.0. The van der Waals surface area contributed by atoms with Gasteiger partial charge in [-0.1, -0.05) is 35.3 Å². The van der Waals surface area contributed by atoms with Gasteiger partial charge in [0.15, 0.2) is 5.82 Å². The molecule has 9 heteroatoms. The van der Waals surface area contributed by atoms with E-state index in [0.717, 1.165) is 5.56 Å². The summed E-state index contributed by atoms with van der Waals surface area (Å²) in [5.41, 5.74) is 1.12. The van der Waals surface area contributed by atoms with Crippen molar-refractivity contribution >= 4 is 40.6 Å². The molecule has 138 valence electrons. The predicted molar refractivity (Wildman–Crippen MR) is 104 cm³/mol. The molecule has 1 heterocycles. The Morgan fingerprint density at radius 2 is 1.85 bits per heavy atom. The molecule has 0 saturated heterocycles. The summed E-state index contributed by atoms with van der Waals surface area (Å²) in [6.07, 6.45) is 1.68. The molecule has 1 aromatic heterocycles. The van der Waals surface area contributed by atoms with Crippen molar-refractivity contribution in [1.82, 2.24) is 9.78 Å². The van der Waals surface area contributed by atoms with Crippen LogP contribution in [0.4, 0.5) is 11.5 Å². The van der Waals surface area contributed by atoms with E-state index in [1.807, 2.05) is 0 Å². The third-order valence-electron chi connectivity index (χ3n) is 4.01. The third-order valence-corrected chi connectivity index (χ3v) is 4.72. The quantitative estimate of drug-likeness (QED) is 0.492. The SMILES string of the molecule is Cc1c(C(=O)Nc2ccn(Cc3c(Cl)cccc3Cl)n2)cccc1[N+](=O)[O-]. The van der Waals surface area contributed by atoms with Gasteiger partial charge in [0.25, 0.3) is 11.6 Å². The zero-order valence-corrected chi connectivity index (χ0v) is 15.7. The fourth-order valence-electron chi connectivity index (χ4n) is 2.61. The first-order valence-electron chi connectivity index (χ1n) is 7.88. The standard InChI is InChI=1S/C18H14Cl2N4O3/c1-11-12(4-2-7-16(11)24(26)27)18(25)21-17-8-9-23(22-17)10-13-14(19)5-3-6-15(13)20/h2-9H,10H2,1H3,(H,21,22,25). The van der Waals surface area contributed by atoms with E-state index in [4.69, 9.17) is 23.2 Å². The molecule has 0 atom stereocenters. The highest BCUT2D eigenvalue weighted by atomic mass is 35.5. The van der Waals surface area contributed by atoms with Crippen LogP contribution < -0.4 is 5.32 Å². The predicted octanol–water partition coefficient (Wildman–Crippen LogP) is 4.71. The molecule has 0 aliphatic heterocycles. The van der Waals surface area contributed by atoms with E-state index in [0.29, 0.717) is 28.0 Å². The van der Waals surface area contributed by atoms with Gasteiger partial charge in [0.2, 0.25) is 0 Å². The van der Waals surface area contributed by atoms with Crippen molar-refractivity contribution in [3.05, 3.63) is 85.5 Å². The maximum absolute atomic E-state index is 12.5. The van der Waals surface area contributed by atoms with Crippen LogP contribution in [0, 0.1) is 17.0 Å². The molecule has 0 aliphatic carbocycles. The van der Waals surface area contributed by atoms with Gasteiger partial charge < -0.3 is 5.32 Å². The van der Waals surface area contributed by atoms with Crippen molar-refractivity contribution in [3.63, 3.8) is 0 Å². The summed E-state index contributed by atoms with van der Waals surface area (Å²) in [5.74, 6) is -0.161. The van der Waals surface area contributed by atoms with Crippen molar-refractivity contribution in [2.24, 2.45) is 0 Å². The molecule has 3 aromatic rings. The van der Waals surface area contributed by atoms with Crippen LogP contribution in [0.3, 0.4) is 0 Å². The van der Waals surface area contributed by atoms with Crippen molar-refractivity contribution in [3.8, 4) is 0 Å². The average Bonchev–Trinajstić information content (AvgIpc) is 3.05. The minimum absolute atomic E-state index is 0.110. The molecular formula is C18H14Cl2N4O3. The fourth-order valence-corrected chi connectivity index (χ4v) is 3.13. The zero-order chi connectivity index (χ0) is 19.6. The minimum atomic E-state index is -0.520. The highest BCUT2D eigenvalue weighted by molar-refractivity contribution is 6.35. The molecule has 0 radical (unpaired) electrons. The fraction of sp³-hybridized carbons (Fsp3) is 0.111. The summed E-state index contributed by atoms with van der Waals surface area (Å²) >= 11 is 12.3. The topological polar surface area (TPSA) is 90.1 Å². The van der Waals surface area contributed by atoms with E-state index in [1.54, 1.807) is 35.1 Å². The van der Waals surface area contributed by atoms with Crippen LogP contribution in [0.5, 0.6) is 0 Å². The highest BCUT2D eigenvalue weighted by Gasteiger charge is 2.18. The average molecular weight is 405 g/mol. The molecule has 0 unspecified atom stereocenters. The minimum Gasteiger partial charge on any atom is -0.305 e. The Morgan fingerprint density at radius 3 is 2.52 bits per heavy atom. The molecule has 0 fully saturated rings. The summed E-state index contributed by atoms with van der Waals surface area (Å²) in [7, 11) is 0. The van der Waals surface area contributed by atoms with Gasteiger partial charge in [-0.3, -0.25) is 19.6 Å². The molecule has 2 aromatic carbocycles. The van der Waals surface area contributed by atoms with E-state index in [2.05, 4.69) is 10.4 Å². The second-order valence-electron chi connectivity index (χ2n) is 5.76.